The molecule has 3 N–H and O–H groups in total. The topological polar surface area (TPSA) is 61.4 Å². The number of hydrogen-bond donors (Lipinski definition) is 3. The third-order valence-corrected chi connectivity index (χ3v) is 1.91. The van der Waals surface area contributed by atoms with E-state index in [4.69, 9.17) is 5.11 Å². The standard InChI is InChI=1S/C10H22N2O2/c1-8(2)12-9(14)7-11-10(3,4)5-6-13/h8,11,13H,5-7H2,1-4H3,(H,12,14). The van der Waals surface area contributed by atoms with Gasteiger partial charge in [-0.1, -0.05) is 0 Å². The predicted molar refractivity (Wildman–Crippen MR) is 57.1 cm³/mol. The van der Waals surface area contributed by atoms with Crippen LogP contribution in [-0.4, -0.2) is 35.7 Å². The highest BCUT2D eigenvalue weighted by Crippen LogP contribution is 2.05. The second-order valence-corrected chi connectivity index (χ2v) is 4.43. The largest absolute Gasteiger partial charge is 0.396 e. The quantitative estimate of drug-likeness (QED) is 0.579. The molecule has 84 valence electrons. The summed E-state index contributed by atoms with van der Waals surface area (Å²) in [5.41, 5.74) is -0.191. The second kappa shape index (κ2) is 5.98. The molecular formula is C10H22N2O2. The highest BCUT2D eigenvalue weighted by molar-refractivity contribution is 5.78. The lowest BCUT2D eigenvalue weighted by atomic mass is 10.0. The Morgan fingerprint density at radius 1 is 1.43 bits per heavy atom. The average molecular weight is 202 g/mol. The van der Waals surface area contributed by atoms with Crippen LogP contribution in [0, 0.1) is 0 Å². The van der Waals surface area contributed by atoms with Gasteiger partial charge < -0.3 is 15.7 Å². The van der Waals surface area contributed by atoms with E-state index in [0.29, 0.717) is 13.0 Å². The minimum absolute atomic E-state index is 0.00832. The molecular weight excluding hydrogens is 180 g/mol. The van der Waals surface area contributed by atoms with Crippen LogP contribution in [0.3, 0.4) is 0 Å². The molecule has 0 rings (SSSR count). The maximum atomic E-state index is 11.3. The summed E-state index contributed by atoms with van der Waals surface area (Å²) in [4.78, 5) is 11.3. The highest BCUT2D eigenvalue weighted by atomic mass is 16.3. The molecule has 4 nitrogen and oxygen atoms in total. The number of rotatable bonds is 6. The summed E-state index contributed by atoms with van der Waals surface area (Å²) < 4.78 is 0. The SMILES string of the molecule is CC(C)NC(=O)CNC(C)(C)CCO. The zero-order chi connectivity index (χ0) is 11.2. The van der Waals surface area contributed by atoms with E-state index in [0.717, 1.165) is 0 Å². The Morgan fingerprint density at radius 2 is 2.00 bits per heavy atom. The van der Waals surface area contributed by atoms with E-state index in [2.05, 4.69) is 10.6 Å². The molecule has 0 aromatic rings. The van der Waals surface area contributed by atoms with Gasteiger partial charge in [0.15, 0.2) is 0 Å². The Kier molecular flexibility index (Phi) is 5.72. The molecule has 0 heterocycles. The summed E-state index contributed by atoms with van der Waals surface area (Å²) in [5.74, 6) is -0.00832. The summed E-state index contributed by atoms with van der Waals surface area (Å²) in [6.45, 7) is 8.21. The molecule has 0 spiro atoms. The minimum Gasteiger partial charge on any atom is -0.396 e. The minimum atomic E-state index is -0.191. The smallest absolute Gasteiger partial charge is 0.234 e. The van der Waals surface area contributed by atoms with Crippen LogP contribution in [0.4, 0.5) is 0 Å². The Balaban J connectivity index is 3.75. The zero-order valence-corrected chi connectivity index (χ0v) is 9.55. The van der Waals surface area contributed by atoms with Crippen molar-refractivity contribution in [3.8, 4) is 0 Å². The van der Waals surface area contributed by atoms with Crippen LogP contribution >= 0.6 is 0 Å². The van der Waals surface area contributed by atoms with Gasteiger partial charge in [0, 0.05) is 18.2 Å². The lowest BCUT2D eigenvalue weighted by Crippen LogP contribution is -2.46. The molecule has 4 heteroatoms. The van der Waals surface area contributed by atoms with Crippen molar-refractivity contribution in [2.45, 2.75) is 45.7 Å². The van der Waals surface area contributed by atoms with Gasteiger partial charge in [-0.05, 0) is 34.1 Å². The number of nitrogens with one attached hydrogen (secondary N) is 2. The Morgan fingerprint density at radius 3 is 2.43 bits per heavy atom. The summed E-state index contributed by atoms with van der Waals surface area (Å²) in [7, 11) is 0. The number of hydrogen-bond acceptors (Lipinski definition) is 3. The summed E-state index contributed by atoms with van der Waals surface area (Å²) >= 11 is 0. The van der Waals surface area contributed by atoms with Crippen molar-refractivity contribution in [3.05, 3.63) is 0 Å². The summed E-state index contributed by atoms with van der Waals surface area (Å²) in [6, 6.07) is 0.172. The Hall–Kier alpha value is -0.610. The fraction of sp³-hybridized carbons (Fsp3) is 0.900. The predicted octanol–water partition coefficient (Wildman–Crippen LogP) is 0.262. The molecule has 0 aromatic carbocycles. The Labute approximate surface area is 86.1 Å². The number of aliphatic hydroxyl groups excluding tert-OH is 1. The summed E-state index contributed by atoms with van der Waals surface area (Å²) in [6.07, 6.45) is 0.641. The maximum Gasteiger partial charge on any atom is 0.234 e. The first kappa shape index (κ1) is 13.4. The average Bonchev–Trinajstić information content (AvgIpc) is 2.00. The normalized spacial score (nSPS) is 11.9. The van der Waals surface area contributed by atoms with Gasteiger partial charge in [-0.25, -0.2) is 0 Å². The fourth-order valence-corrected chi connectivity index (χ4v) is 1.06. The van der Waals surface area contributed by atoms with Crippen LogP contribution in [0.1, 0.15) is 34.1 Å². The van der Waals surface area contributed by atoms with E-state index in [1.165, 1.54) is 0 Å². The molecule has 0 saturated heterocycles. The van der Waals surface area contributed by atoms with Crippen molar-refractivity contribution in [2.24, 2.45) is 0 Å². The van der Waals surface area contributed by atoms with Gasteiger partial charge in [0.2, 0.25) is 5.91 Å². The van der Waals surface area contributed by atoms with Crippen LogP contribution in [0.25, 0.3) is 0 Å². The summed E-state index contributed by atoms with van der Waals surface area (Å²) in [5, 5.41) is 14.7. The third kappa shape index (κ3) is 6.86. The van der Waals surface area contributed by atoms with E-state index in [1.54, 1.807) is 0 Å². The van der Waals surface area contributed by atoms with E-state index < -0.39 is 0 Å². The van der Waals surface area contributed by atoms with Crippen LogP contribution in [-0.2, 0) is 4.79 Å². The monoisotopic (exact) mass is 202 g/mol. The van der Waals surface area contributed by atoms with E-state index in [1.807, 2.05) is 27.7 Å². The van der Waals surface area contributed by atoms with Crippen molar-refractivity contribution in [2.75, 3.05) is 13.2 Å². The van der Waals surface area contributed by atoms with Gasteiger partial charge >= 0.3 is 0 Å². The van der Waals surface area contributed by atoms with E-state index in [9.17, 15) is 4.79 Å². The molecule has 0 aliphatic heterocycles. The first-order valence-corrected chi connectivity index (χ1v) is 5.02. The van der Waals surface area contributed by atoms with Gasteiger partial charge in [-0.3, -0.25) is 4.79 Å². The number of carbonyl (C=O) groups is 1. The van der Waals surface area contributed by atoms with Crippen LogP contribution in [0.15, 0.2) is 0 Å². The van der Waals surface area contributed by atoms with Gasteiger partial charge in [-0.2, -0.15) is 0 Å². The Bertz CT molecular complexity index is 179. The van der Waals surface area contributed by atoms with Crippen molar-refractivity contribution < 1.29 is 9.90 Å². The second-order valence-electron chi connectivity index (χ2n) is 4.43. The van der Waals surface area contributed by atoms with Gasteiger partial charge in [0.25, 0.3) is 0 Å². The molecule has 0 fully saturated rings. The van der Waals surface area contributed by atoms with Crippen molar-refractivity contribution >= 4 is 5.91 Å². The number of amides is 1. The van der Waals surface area contributed by atoms with E-state index in [-0.39, 0.29) is 24.1 Å². The molecule has 0 radical (unpaired) electrons. The fourth-order valence-electron chi connectivity index (χ4n) is 1.06. The third-order valence-electron chi connectivity index (χ3n) is 1.91. The highest BCUT2D eigenvalue weighted by Gasteiger charge is 2.17. The van der Waals surface area contributed by atoms with Crippen molar-refractivity contribution in [3.63, 3.8) is 0 Å². The zero-order valence-electron chi connectivity index (χ0n) is 9.55. The van der Waals surface area contributed by atoms with Gasteiger partial charge in [-0.15, -0.1) is 0 Å². The first-order chi connectivity index (χ1) is 6.37. The molecule has 0 aliphatic carbocycles. The molecule has 0 aromatic heterocycles. The maximum absolute atomic E-state index is 11.3. The number of aliphatic hydroxyl groups is 1. The van der Waals surface area contributed by atoms with Crippen molar-refractivity contribution in [1.82, 2.24) is 10.6 Å². The van der Waals surface area contributed by atoms with Crippen LogP contribution < -0.4 is 10.6 Å². The van der Waals surface area contributed by atoms with Crippen molar-refractivity contribution in [1.29, 1.82) is 0 Å². The molecule has 0 saturated carbocycles. The molecule has 0 atom stereocenters. The molecule has 0 aliphatic rings. The molecule has 0 bridgehead atoms. The lowest BCUT2D eigenvalue weighted by Gasteiger charge is -2.25. The van der Waals surface area contributed by atoms with Gasteiger partial charge in [0.05, 0.1) is 6.54 Å². The van der Waals surface area contributed by atoms with Crippen LogP contribution in [0.5, 0.6) is 0 Å². The first-order valence-electron chi connectivity index (χ1n) is 5.02. The molecule has 1 amide bonds. The van der Waals surface area contributed by atoms with Crippen LogP contribution in [0.2, 0.25) is 0 Å². The number of carbonyl (C=O) groups excluding carboxylic acids is 1. The lowest BCUT2D eigenvalue weighted by molar-refractivity contribution is -0.121. The van der Waals surface area contributed by atoms with Gasteiger partial charge in [0.1, 0.15) is 0 Å². The molecule has 14 heavy (non-hydrogen) atoms. The van der Waals surface area contributed by atoms with E-state index >= 15 is 0 Å². The molecule has 0 unspecified atom stereocenters.